The third-order valence-corrected chi connectivity index (χ3v) is 16.8. The molecule has 4 heteroatoms. The normalized spacial score (nSPS) is 14.2. The van der Waals surface area contributed by atoms with Crippen LogP contribution in [0.1, 0.15) is 77.6 Å². The summed E-state index contributed by atoms with van der Waals surface area (Å²) in [6, 6.07) is 79.9. The molecule has 3 aliphatic rings. The summed E-state index contributed by atoms with van der Waals surface area (Å²) in [6.45, 7) is 18.8. The van der Waals surface area contributed by atoms with Crippen molar-refractivity contribution in [2.75, 3.05) is 9.80 Å². The number of anilines is 6. The lowest BCUT2D eigenvalue weighted by atomic mass is 9.33. The quantitative estimate of drug-likeness (QED) is 0.160. The highest BCUT2D eigenvalue weighted by Crippen LogP contribution is 2.55. The van der Waals surface area contributed by atoms with Crippen molar-refractivity contribution in [3.63, 3.8) is 0 Å². The van der Waals surface area contributed by atoms with Gasteiger partial charge in [-0.2, -0.15) is 0 Å². The molecule has 11 aromatic rings. The molecule has 0 fully saturated rings. The highest BCUT2D eigenvalue weighted by Gasteiger charge is 2.46. The Morgan fingerprint density at radius 2 is 1.00 bits per heavy atom. The maximum absolute atomic E-state index is 6.60. The number of hydrogen-bond donors (Lipinski definition) is 0. The molecular weight excluding hydrogens is 908 g/mol. The molecule has 0 atom stereocenters. The standard InChI is InChI=1S/C71H59BN2O/c1-69(2,3)48-33-36-59-63(39-48)73(50-34-30-46(31-35-50)51-26-19-27-54-53-25-16-18-29-66(53)75-68(51)54)64-40-49(70(4,5)6)41-65-67(64)72(59)60-38-47(44-20-11-9-12-21-44)32-37-61(60)74(65)62-43-58-56(42-55(62)45-22-13-10-14-23-45)52-24-15-17-28-57(52)71(58,7)8/h9-43H,1-8H3. The molecule has 14 rings (SSSR count). The van der Waals surface area contributed by atoms with E-state index < -0.39 is 0 Å². The zero-order chi connectivity index (χ0) is 51.1. The lowest BCUT2D eigenvalue weighted by Gasteiger charge is -2.46. The van der Waals surface area contributed by atoms with Crippen molar-refractivity contribution >= 4 is 79.2 Å². The van der Waals surface area contributed by atoms with E-state index in [9.17, 15) is 0 Å². The molecule has 0 saturated carbocycles. The summed E-state index contributed by atoms with van der Waals surface area (Å²) in [5.74, 6) is 0. The van der Waals surface area contributed by atoms with Gasteiger partial charge in [0, 0.05) is 55.8 Å². The second-order valence-electron chi connectivity index (χ2n) is 23.7. The maximum atomic E-state index is 6.60. The van der Waals surface area contributed by atoms with E-state index >= 15 is 0 Å². The predicted molar refractivity (Wildman–Crippen MR) is 319 cm³/mol. The molecule has 2 aliphatic heterocycles. The Bertz CT molecular complexity index is 4110. The summed E-state index contributed by atoms with van der Waals surface area (Å²) in [6.07, 6.45) is 0. The second kappa shape index (κ2) is 16.3. The number of benzene rings is 10. The minimum atomic E-state index is -0.205. The Labute approximate surface area is 441 Å². The molecule has 0 amide bonds. The van der Waals surface area contributed by atoms with Crippen molar-refractivity contribution in [3.05, 3.63) is 235 Å². The van der Waals surface area contributed by atoms with Crippen molar-refractivity contribution in [2.24, 2.45) is 0 Å². The fourth-order valence-corrected chi connectivity index (χ4v) is 12.8. The molecule has 1 aliphatic carbocycles. The van der Waals surface area contributed by atoms with Crippen LogP contribution in [0.4, 0.5) is 34.1 Å². The van der Waals surface area contributed by atoms with E-state index in [1.165, 1.54) is 100 Å². The van der Waals surface area contributed by atoms with Gasteiger partial charge in [0.05, 0.1) is 5.69 Å². The van der Waals surface area contributed by atoms with Crippen molar-refractivity contribution < 1.29 is 4.42 Å². The lowest BCUT2D eigenvalue weighted by molar-refractivity contribution is 0.590. The first-order valence-corrected chi connectivity index (χ1v) is 26.7. The molecule has 3 nitrogen and oxygen atoms in total. The van der Waals surface area contributed by atoms with Crippen LogP contribution in [-0.4, -0.2) is 6.71 Å². The summed E-state index contributed by atoms with van der Waals surface area (Å²) in [5, 5.41) is 2.27. The molecule has 0 bridgehead atoms. The highest BCUT2D eigenvalue weighted by atomic mass is 16.3. The molecule has 0 unspecified atom stereocenters. The Balaban J connectivity index is 1.06. The average molecular weight is 967 g/mol. The van der Waals surface area contributed by atoms with Crippen LogP contribution in [0.2, 0.25) is 0 Å². The largest absolute Gasteiger partial charge is 0.455 e. The topological polar surface area (TPSA) is 19.6 Å². The van der Waals surface area contributed by atoms with Gasteiger partial charge in [-0.05, 0) is 137 Å². The summed E-state index contributed by atoms with van der Waals surface area (Å²) in [7, 11) is 0. The molecule has 10 aromatic carbocycles. The average Bonchev–Trinajstić information content (AvgIpc) is 4.08. The van der Waals surface area contributed by atoms with Gasteiger partial charge in [0.15, 0.2) is 0 Å². The molecule has 1 aromatic heterocycles. The van der Waals surface area contributed by atoms with Crippen LogP contribution in [0, 0.1) is 0 Å². The van der Waals surface area contributed by atoms with E-state index in [-0.39, 0.29) is 23.0 Å². The van der Waals surface area contributed by atoms with Crippen LogP contribution >= 0.6 is 0 Å². The van der Waals surface area contributed by atoms with Crippen LogP contribution in [0.15, 0.2) is 217 Å². The van der Waals surface area contributed by atoms with Crippen LogP contribution < -0.4 is 26.2 Å². The maximum Gasteiger partial charge on any atom is 0.252 e. The third-order valence-electron chi connectivity index (χ3n) is 16.8. The van der Waals surface area contributed by atoms with Crippen LogP contribution in [0.5, 0.6) is 0 Å². The van der Waals surface area contributed by atoms with E-state index in [1.807, 2.05) is 6.07 Å². The van der Waals surface area contributed by atoms with Gasteiger partial charge >= 0.3 is 0 Å². The van der Waals surface area contributed by atoms with Crippen LogP contribution in [0.25, 0.3) is 66.4 Å². The number of hydrogen-bond acceptors (Lipinski definition) is 3. The van der Waals surface area contributed by atoms with Gasteiger partial charge in [0.2, 0.25) is 0 Å². The number of para-hydroxylation sites is 2. The van der Waals surface area contributed by atoms with Crippen molar-refractivity contribution in [1.82, 2.24) is 0 Å². The zero-order valence-electron chi connectivity index (χ0n) is 44.1. The fraction of sp³-hybridized carbons (Fsp3) is 0.155. The van der Waals surface area contributed by atoms with Gasteiger partial charge in [0.25, 0.3) is 6.71 Å². The summed E-state index contributed by atoms with van der Waals surface area (Å²) in [5.41, 5.74) is 27.4. The SMILES string of the molecule is CC(C)(C)c1ccc2c(c1)N(c1ccc(-c3cccc4c3oc3ccccc34)cc1)c1cc(C(C)(C)C)cc3c1B2c1cc(-c2ccccc2)ccc1N3c1cc2c(cc1-c1ccccc1)-c1ccccc1C2(C)C. The van der Waals surface area contributed by atoms with Gasteiger partial charge in [-0.25, -0.2) is 0 Å². The Hall–Kier alpha value is -8.34. The number of fused-ring (bicyclic) bond motifs is 10. The van der Waals surface area contributed by atoms with Gasteiger partial charge in [-0.15, -0.1) is 0 Å². The van der Waals surface area contributed by atoms with Gasteiger partial charge in [0.1, 0.15) is 11.2 Å². The summed E-state index contributed by atoms with van der Waals surface area (Å²) >= 11 is 0. The Morgan fingerprint density at radius 3 is 1.75 bits per heavy atom. The third kappa shape index (κ3) is 6.95. The second-order valence-corrected chi connectivity index (χ2v) is 23.7. The highest BCUT2D eigenvalue weighted by molar-refractivity contribution is 7.00. The molecule has 0 spiro atoms. The minimum Gasteiger partial charge on any atom is -0.455 e. The van der Waals surface area contributed by atoms with E-state index in [2.05, 4.69) is 271 Å². The van der Waals surface area contributed by atoms with Gasteiger partial charge < -0.3 is 14.2 Å². The molecule has 0 saturated heterocycles. The summed E-state index contributed by atoms with van der Waals surface area (Å²) in [4.78, 5) is 5.24. The van der Waals surface area contributed by atoms with Crippen molar-refractivity contribution in [1.29, 1.82) is 0 Å². The molecule has 0 N–H and O–H groups in total. The van der Waals surface area contributed by atoms with E-state index in [4.69, 9.17) is 4.42 Å². The number of furan rings is 1. The van der Waals surface area contributed by atoms with Crippen LogP contribution in [0.3, 0.4) is 0 Å². The van der Waals surface area contributed by atoms with Gasteiger partial charge in [-0.3, -0.25) is 0 Å². The van der Waals surface area contributed by atoms with E-state index in [1.54, 1.807) is 0 Å². The smallest absolute Gasteiger partial charge is 0.252 e. The first kappa shape index (κ1) is 45.3. The zero-order valence-corrected chi connectivity index (χ0v) is 44.1. The molecule has 75 heavy (non-hydrogen) atoms. The number of rotatable bonds is 5. The molecule has 362 valence electrons. The van der Waals surface area contributed by atoms with Crippen molar-refractivity contribution in [3.8, 4) is 44.5 Å². The first-order chi connectivity index (χ1) is 36.2. The molecule has 0 radical (unpaired) electrons. The fourth-order valence-electron chi connectivity index (χ4n) is 12.8. The monoisotopic (exact) mass is 966 g/mol. The first-order valence-electron chi connectivity index (χ1n) is 26.7. The van der Waals surface area contributed by atoms with E-state index in [0.717, 1.165) is 38.8 Å². The predicted octanol–water partition coefficient (Wildman–Crippen LogP) is 17.6. The van der Waals surface area contributed by atoms with Gasteiger partial charge in [-0.1, -0.05) is 213 Å². The number of nitrogens with zero attached hydrogens (tertiary/aromatic N) is 2. The molecule has 3 heterocycles. The minimum absolute atomic E-state index is 0.0561. The van der Waals surface area contributed by atoms with Crippen molar-refractivity contribution in [2.45, 2.75) is 71.6 Å². The van der Waals surface area contributed by atoms with E-state index in [0.29, 0.717) is 0 Å². The Morgan fingerprint density at radius 1 is 0.387 bits per heavy atom. The lowest BCUT2D eigenvalue weighted by Crippen LogP contribution is -2.61. The Kier molecular flexibility index (Phi) is 9.86. The van der Waals surface area contributed by atoms with Crippen LogP contribution in [-0.2, 0) is 16.2 Å². The summed E-state index contributed by atoms with van der Waals surface area (Å²) < 4.78 is 6.60. The molecular formula is C71H59BN2O.